The molecular weight excluding hydrogens is 243 g/mol. The first-order chi connectivity index (χ1) is 9.52. The Hall–Kier alpha value is -0.595. The van der Waals surface area contributed by atoms with Crippen molar-refractivity contribution in [1.82, 2.24) is 9.80 Å². The maximum absolute atomic E-state index is 2.47. The van der Waals surface area contributed by atoms with E-state index in [1.165, 1.54) is 38.5 Å². The third-order valence-electron chi connectivity index (χ3n) is 5.06. The highest BCUT2D eigenvalue weighted by molar-refractivity contribution is 6.63. The molecule has 2 unspecified atom stereocenters. The van der Waals surface area contributed by atoms with Gasteiger partial charge in [0, 0.05) is 26.5 Å². The molecular formula is C17H35BN2. The van der Waals surface area contributed by atoms with Crippen LogP contribution in [0, 0.1) is 0 Å². The Bertz CT molecular complexity index is 267. The molecule has 0 aromatic heterocycles. The number of hydrogen-bond acceptors (Lipinski definition) is 2. The summed E-state index contributed by atoms with van der Waals surface area (Å²) in [6.07, 6.45) is 12.6. The van der Waals surface area contributed by atoms with Gasteiger partial charge in [-0.05, 0) is 0 Å². The highest BCUT2D eigenvalue weighted by Crippen LogP contribution is 2.35. The average molecular weight is 278 g/mol. The predicted molar refractivity (Wildman–Crippen MR) is 92.1 cm³/mol. The summed E-state index contributed by atoms with van der Waals surface area (Å²) in [5, 5.41) is 0. The van der Waals surface area contributed by atoms with Gasteiger partial charge in [-0.15, -0.1) is 0 Å². The van der Waals surface area contributed by atoms with Crippen LogP contribution in [0.1, 0.15) is 66.2 Å². The minimum absolute atomic E-state index is 0.550. The van der Waals surface area contributed by atoms with E-state index < -0.39 is 0 Å². The lowest BCUT2D eigenvalue weighted by molar-refractivity contribution is 0.276. The lowest BCUT2D eigenvalue weighted by Crippen LogP contribution is -2.51. The second-order valence-electron chi connectivity index (χ2n) is 6.86. The molecule has 2 atom stereocenters. The van der Waals surface area contributed by atoms with Crippen molar-refractivity contribution in [2.45, 2.75) is 83.9 Å². The third-order valence-corrected chi connectivity index (χ3v) is 5.06. The smallest absolute Gasteiger partial charge is 0.199 e. The summed E-state index contributed by atoms with van der Waals surface area (Å²) in [6, 6.07) is 0.550. The lowest BCUT2D eigenvalue weighted by Gasteiger charge is -2.39. The molecule has 3 heteroatoms. The molecule has 0 N–H and O–H groups in total. The predicted octanol–water partition coefficient (Wildman–Crippen LogP) is 4.86. The Balaban J connectivity index is 2.77. The molecule has 0 radical (unpaired) electrons. The molecule has 116 valence electrons. The maximum Gasteiger partial charge on any atom is 0.199 e. The molecule has 1 aliphatic rings. The van der Waals surface area contributed by atoms with Crippen LogP contribution in [0.3, 0.4) is 0 Å². The van der Waals surface area contributed by atoms with Gasteiger partial charge in [0.2, 0.25) is 0 Å². The van der Waals surface area contributed by atoms with Gasteiger partial charge in [0.05, 0.1) is 6.07 Å². The molecule has 0 spiro atoms. The third kappa shape index (κ3) is 4.46. The summed E-state index contributed by atoms with van der Waals surface area (Å²) >= 11 is 0. The number of nitrogens with zero attached hydrogens (tertiary/aromatic N) is 2. The zero-order valence-electron chi connectivity index (χ0n) is 14.6. The standard InChI is InChI=1S/C17H35BN2/c1-7-9-11-15(3)18(16(4)12-10-8-2)17-19(5)13-14-20(17)6/h13-17H,7-12H2,1-6H3. The van der Waals surface area contributed by atoms with Crippen molar-refractivity contribution in [3.63, 3.8) is 0 Å². The van der Waals surface area contributed by atoms with Crippen molar-refractivity contribution in [1.29, 1.82) is 0 Å². The fourth-order valence-corrected chi connectivity index (χ4v) is 3.80. The Morgan fingerprint density at radius 2 is 1.30 bits per heavy atom. The van der Waals surface area contributed by atoms with E-state index in [1.807, 2.05) is 0 Å². The summed E-state index contributed by atoms with van der Waals surface area (Å²) < 4.78 is 0. The van der Waals surface area contributed by atoms with Crippen LogP contribution < -0.4 is 0 Å². The zero-order valence-corrected chi connectivity index (χ0v) is 14.6. The summed E-state index contributed by atoms with van der Waals surface area (Å²) in [6.45, 7) is 10.3. The maximum atomic E-state index is 2.47. The molecule has 20 heavy (non-hydrogen) atoms. The average Bonchev–Trinajstić information content (AvgIpc) is 2.75. The second kappa shape index (κ2) is 8.64. The van der Waals surface area contributed by atoms with Gasteiger partial charge in [-0.25, -0.2) is 0 Å². The highest BCUT2D eigenvalue weighted by Gasteiger charge is 2.39. The van der Waals surface area contributed by atoms with Crippen molar-refractivity contribution < 1.29 is 0 Å². The van der Waals surface area contributed by atoms with Crippen molar-refractivity contribution in [2.24, 2.45) is 0 Å². The van der Waals surface area contributed by atoms with E-state index >= 15 is 0 Å². The van der Waals surface area contributed by atoms with E-state index in [4.69, 9.17) is 0 Å². The van der Waals surface area contributed by atoms with Gasteiger partial charge in [0.15, 0.2) is 6.71 Å². The number of rotatable bonds is 9. The molecule has 0 aliphatic carbocycles. The van der Waals surface area contributed by atoms with Crippen LogP contribution in [0.15, 0.2) is 12.4 Å². The minimum Gasteiger partial charge on any atom is -0.366 e. The van der Waals surface area contributed by atoms with E-state index in [0.717, 1.165) is 18.3 Å². The molecule has 1 rings (SSSR count). The fourth-order valence-electron chi connectivity index (χ4n) is 3.80. The number of hydrogen-bond donors (Lipinski definition) is 0. The van der Waals surface area contributed by atoms with E-state index in [2.05, 4.69) is 64.0 Å². The monoisotopic (exact) mass is 278 g/mol. The molecule has 1 heterocycles. The Kier molecular flexibility index (Phi) is 7.54. The van der Waals surface area contributed by atoms with Crippen LogP contribution in [0.2, 0.25) is 11.6 Å². The van der Waals surface area contributed by atoms with E-state index in [0.29, 0.717) is 6.07 Å². The quantitative estimate of drug-likeness (QED) is 0.556. The molecule has 0 saturated heterocycles. The first-order valence-corrected chi connectivity index (χ1v) is 8.65. The molecule has 0 saturated carbocycles. The van der Waals surface area contributed by atoms with Gasteiger partial charge >= 0.3 is 0 Å². The van der Waals surface area contributed by atoms with Gasteiger partial charge in [-0.1, -0.05) is 77.9 Å². The summed E-state index contributed by atoms with van der Waals surface area (Å²) in [5.74, 6) is 1.60. The Labute approximate surface area is 127 Å². The molecule has 0 bridgehead atoms. The SMILES string of the molecule is CCCCC(C)B(C(C)CCCC)C1N(C)C=CN1C. The molecule has 0 fully saturated rings. The Morgan fingerprint density at radius 1 is 0.900 bits per heavy atom. The summed E-state index contributed by atoms with van der Waals surface area (Å²) in [7, 11) is 4.47. The van der Waals surface area contributed by atoms with Crippen LogP contribution in [-0.2, 0) is 0 Å². The van der Waals surface area contributed by atoms with Crippen LogP contribution in [-0.4, -0.2) is 36.7 Å². The van der Waals surface area contributed by atoms with Gasteiger partial charge < -0.3 is 9.80 Å². The molecule has 0 aromatic carbocycles. The summed E-state index contributed by atoms with van der Waals surface area (Å²) in [4.78, 5) is 4.82. The van der Waals surface area contributed by atoms with Gasteiger partial charge in [0.25, 0.3) is 0 Å². The van der Waals surface area contributed by atoms with Gasteiger partial charge in [-0.2, -0.15) is 0 Å². The first-order valence-electron chi connectivity index (χ1n) is 8.65. The van der Waals surface area contributed by atoms with Gasteiger partial charge in [0.1, 0.15) is 0 Å². The number of unbranched alkanes of at least 4 members (excludes halogenated alkanes) is 2. The van der Waals surface area contributed by atoms with Crippen molar-refractivity contribution in [3.8, 4) is 0 Å². The van der Waals surface area contributed by atoms with Crippen molar-refractivity contribution >= 4 is 6.71 Å². The molecule has 0 amide bonds. The lowest BCUT2D eigenvalue weighted by atomic mass is 9.31. The van der Waals surface area contributed by atoms with E-state index in [1.54, 1.807) is 0 Å². The van der Waals surface area contributed by atoms with Crippen LogP contribution >= 0.6 is 0 Å². The molecule has 0 aromatic rings. The largest absolute Gasteiger partial charge is 0.366 e. The Morgan fingerprint density at radius 3 is 1.65 bits per heavy atom. The second-order valence-corrected chi connectivity index (χ2v) is 6.86. The van der Waals surface area contributed by atoms with Crippen LogP contribution in [0.25, 0.3) is 0 Å². The minimum atomic E-state index is 0.550. The van der Waals surface area contributed by atoms with Crippen molar-refractivity contribution in [2.75, 3.05) is 14.1 Å². The van der Waals surface area contributed by atoms with E-state index in [9.17, 15) is 0 Å². The van der Waals surface area contributed by atoms with Crippen LogP contribution in [0.5, 0.6) is 0 Å². The zero-order chi connectivity index (χ0) is 15.1. The normalized spacial score (nSPS) is 18.7. The van der Waals surface area contributed by atoms with Crippen molar-refractivity contribution in [3.05, 3.63) is 12.4 Å². The van der Waals surface area contributed by atoms with E-state index in [-0.39, 0.29) is 0 Å². The summed E-state index contributed by atoms with van der Waals surface area (Å²) in [5.41, 5.74) is 0. The first kappa shape index (κ1) is 17.5. The van der Waals surface area contributed by atoms with Crippen LogP contribution in [0.4, 0.5) is 0 Å². The topological polar surface area (TPSA) is 6.48 Å². The molecule has 1 aliphatic heterocycles. The highest BCUT2D eigenvalue weighted by atomic mass is 15.3. The molecule has 2 nitrogen and oxygen atoms in total. The van der Waals surface area contributed by atoms with Gasteiger partial charge in [-0.3, -0.25) is 0 Å². The fraction of sp³-hybridized carbons (Fsp3) is 0.882.